The standard InChI is InChI=1S/C17H20N2O4S/c1-3-19(4-2)14-11-9-13(10-12-14)17(21)18-24(22,23)16-8-6-5-7-15(16)20/h5-12,20H,3-4H2,1-2H3,(H,18,21). The Bertz CT molecular complexity index is 813. The molecule has 0 unspecified atom stereocenters. The molecule has 7 heteroatoms. The highest BCUT2D eigenvalue weighted by atomic mass is 32.2. The maximum Gasteiger partial charge on any atom is 0.267 e. The van der Waals surface area contributed by atoms with Gasteiger partial charge in [-0.3, -0.25) is 4.79 Å². The van der Waals surface area contributed by atoms with Gasteiger partial charge in [0, 0.05) is 24.3 Å². The fourth-order valence-electron chi connectivity index (χ4n) is 2.33. The number of anilines is 1. The number of benzene rings is 2. The van der Waals surface area contributed by atoms with E-state index in [1.165, 1.54) is 24.3 Å². The van der Waals surface area contributed by atoms with Crippen LogP contribution in [0.5, 0.6) is 5.75 Å². The van der Waals surface area contributed by atoms with E-state index in [0.29, 0.717) is 0 Å². The van der Waals surface area contributed by atoms with Crippen molar-refractivity contribution in [2.24, 2.45) is 0 Å². The van der Waals surface area contributed by atoms with E-state index in [-0.39, 0.29) is 10.5 Å². The Kier molecular flexibility index (Phi) is 5.46. The number of rotatable bonds is 6. The summed E-state index contributed by atoms with van der Waals surface area (Å²) in [7, 11) is -4.13. The molecule has 2 rings (SSSR count). The summed E-state index contributed by atoms with van der Waals surface area (Å²) in [6.07, 6.45) is 0. The van der Waals surface area contributed by atoms with Gasteiger partial charge in [0.05, 0.1) is 0 Å². The molecule has 2 aromatic rings. The first-order chi connectivity index (χ1) is 11.4. The maximum absolute atomic E-state index is 12.2. The fourth-order valence-corrected chi connectivity index (χ4v) is 3.41. The number of nitrogens with one attached hydrogen (secondary N) is 1. The van der Waals surface area contributed by atoms with Crippen LogP contribution < -0.4 is 9.62 Å². The molecule has 0 aliphatic heterocycles. The first-order valence-corrected chi connectivity index (χ1v) is 9.07. The molecule has 128 valence electrons. The number of hydrogen-bond donors (Lipinski definition) is 2. The van der Waals surface area contributed by atoms with Crippen molar-refractivity contribution in [3.05, 3.63) is 54.1 Å². The number of carbonyl (C=O) groups excluding carboxylic acids is 1. The lowest BCUT2D eigenvalue weighted by molar-refractivity contribution is 0.0981. The number of phenolic OH excluding ortho intramolecular Hbond substituents is 1. The smallest absolute Gasteiger partial charge is 0.267 e. The zero-order valence-corrected chi connectivity index (χ0v) is 14.4. The van der Waals surface area contributed by atoms with Crippen LogP contribution in [0.15, 0.2) is 53.4 Å². The quantitative estimate of drug-likeness (QED) is 0.837. The van der Waals surface area contributed by atoms with Crippen LogP contribution in [0.4, 0.5) is 5.69 Å². The van der Waals surface area contributed by atoms with Crippen LogP contribution in [0.2, 0.25) is 0 Å². The molecule has 0 heterocycles. The summed E-state index contributed by atoms with van der Waals surface area (Å²) in [4.78, 5) is 14.0. The van der Waals surface area contributed by atoms with E-state index in [9.17, 15) is 18.3 Å². The number of phenols is 1. The van der Waals surface area contributed by atoms with Gasteiger partial charge in [0.25, 0.3) is 15.9 Å². The topological polar surface area (TPSA) is 86.7 Å². The first-order valence-electron chi connectivity index (χ1n) is 7.59. The van der Waals surface area contributed by atoms with Gasteiger partial charge < -0.3 is 10.0 Å². The third-order valence-electron chi connectivity index (χ3n) is 3.64. The third kappa shape index (κ3) is 3.86. The SMILES string of the molecule is CCN(CC)c1ccc(C(=O)NS(=O)(=O)c2ccccc2O)cc1. The lowest BCUT2D eigenvalue weighted by atomic mass is 10.2. The van der Waals surface area contributed by atoms with E-state index in [0.717, 1.165) is 18.8 Å². The van der Waals surface area contributed by atoms with Crippen LogP contribution in [0, 0.1) is 0 Å². The average molecular weight is 348 g/mol. The second kappa shape index (κ2) is 7.35. The Balaban J connectivity index is 2.19. The third-order valence-corrected chi connectivity index (χ3v) is 5.02. The summed E-state index contributed by atoms with van der Waals surface area (Å²) in [6.45, 7) is 5.74. The van der Waals surface area contributed by atoms with Crippen LogP contribution in [-0.2, 0) is 10.0 Å². The molecular formula is C17H20N2O4S. The Morgan fingerprint density at radius 3 is 2.17 bits per heavy atom. The van der Waals surface area contributed by atoms with Gasteiger partial charge in [-0.05, 0) is 50.2 Å². The van der Waals surface area contributed by atoms with Gasteiger partial charge in [-0.1, -0.05) is 12.1 Å². The molecule has 0 spiro atoms. The van der Waals surface area contributed by atoms with Crippen molar-refractivity contribution >= 4 is 21.6 Å². The highest BCUT2D eigenvalue weighted by Gasteiger charge is 2.21. The molecule has 24 heavy (non-hydrogen) atoms. The van der Waals surface area contributed by atoms with Gasteiger partial charge in [-0.2, -0.15) is 0 Å². The molecule has 2 aromatic carbocycles. The summed E-state index contributed by atoms with van der Waals surface area (Å²) in [6, 6.07) is 12.1. The van der Waals surface area contributed by atoms with E-state index in [2.05, 4.69) is 4.90 Å². The maximum atomic E-state index is 12.2. The Morgan fingerprint density at radius 1 is 1.04 bits per heavy atom. The van der Waals surface area contributed by atoms with E-state index in [1.54, 1.807) is 24.3 Å². The van der Waals surface area contributed by atoms with Gasteiger partial charge in [0.15, 0.2) is 0 Å². The second-order valence-corrected chi connectivity index (χ2v) is 6.77. The Hall–Kier alpha value is -2.54. The molecular weight excluding hydrogens is 328 g/mol. The molecule has 0 saturated carbocycles. The van der Waals surface area contributed by atoms with Gasteiger partial charge in [0.1, 0.15) is 10.6 Å². The van der Waals surface area contributed by atoms with Crippen LogP contribution in [0.3, 0.4) is 0 Å². The second-order valence-electron chi connectivity index (χ2n) is 5.12. The van der Waals surface area contributed by atoms with Gasteiger partial charge >= 0.3 is 0 Å². The lowest BCUT2D eigenvalue weighted by Gasteiger charge is -2.21. The molecule has 0 bridgehead atoms. The summed E-state index contributed by atoms with van der Waals surface area (Å²) >= 11 is 0. The molecule has 0 aliphatic carbocycles. The number of aromatic hydroxyl groups is 1. The van der Waals surface area contributed by atoms with Crippen molar-refractivity contribution in [1.82, 2.24) is 4.72 Å². The van der Waals surface area contributed by atoms with Crippen molar-refractivity contribution in [2.75, 3.05) is 18.0 Å². The van der Waals surface area contributed by atoms with Crippen LogP contribution in [0.25, 0.3) is 0 Å². The average Bonchev–Trinajstić information content (AvgIpc) is 2.56. The van der Waals surface area contributed by atoms with E-state index in [4.69, 9.17) is 0 Å². The number of sulfonamides is 1. The van der Waals surface area contributed by atoms with Crippen molar-refractivity contribution in [2.45, 2.75) is 18.7 Å². The van der Waals surface area contributed by atoms with E-state index in [1.807, 2.05) is 18.6 Å². The van der Waals surface area contributed by atoms with Crippen molar-refractivity contribution in [3.63, 3.8) is 0 Å². The Labute approximate surface area is 141 Å². The zero-order chi connectivity index (χ0) is 17.7. The number of amides is 1. The number of para-hydroxylation sites is 1. The monoisotopic (exact) mass is 348 g/mol. The normalized spacial score (nSPS) is 11.1. The number of nitrogens with zero attached hydrogens (tertiary/aromatic N) is 1. The highest BCUT2D eigenvalue weighted by Crippen LogP contribution is 2.21. The summed E-state index contributed by atoms with van der Waals surface area (Å²) in [5, 5.41) is 9.65. The minimum absolute atomic E-state index is 0.227. The Morgan fingerprint density at radius 2 is 1.62 bits per heavy atom. The number of hydrogen-bond acceptors (Lipinski definition) is 5. The van der Waals surface area contributed by atoms with Crippen molar-refractivity contribution in [3.8, 4) is 5.75 Å². The van der Waals surface area contributed by atoms with Gasteiger partial charge in [-0.25, -0.2) is 13.1 Å². The van der Waals surface area contributed by atoms with E-state index < -0.39 is 21.7 Å². The summed E-state index contributed by atoms with van der Waals surface area (Å²) < 4.78 is 26.4. The molecule has 0 saturated heterocycles. The predicted molar refractivity (Wildman–Crippen MR) is 92.8 cm³/mol. The van der Waals surface area contributed by atoms with Crippen molar-refractivity contribution in [1.29, 1.82) is 0 Å². The number of carbonyl (C=O) groups is 1. The molecule has 0 aromatic heterocycles. The highest BCUT2D eigenvalue weighted by molar-refractivity contribution is 7.90. The van der Waals surface area contributed by atoms with E-state index >= 15 is 0 Å². The molecule has 2 N–H and O–H groups in total. The van der Waals surface area contributed by atoms with Crippen molar-refractivity contribution < 1.29 is 18.3 Å². The molecule has 0 aliphatic rings. The zero-order valence-electron chi connectivity index (χ0n) is 13.6. The van der Waals surface area contributed by atoms with Gasteiger partial charge in [-0.15, -0.1) is 0 Å². The molecule has 0 fully saturated rings. The predicted octanol–water partition coefficient (Wildman–Crippen LogP) is 2.36. The molecule has 1 amide bonds. The molecule has 0 atom stereocenters. The first kappa shape index (κ1) is 17.8. The molecule has 0 radical (unpaired) electrons. The largest absolute Gasteiger partial charge is 0.507 e. The van der Waals surface area contributed by atoms with Gasteiger partial charge in [0.2, 0.25) is 0 Å². The minimum atomic E-state index is -4.13. The lowest BCUT2D eigenvalue weighted by Crippen LogP contribution is -2.30. The minimum Gasteiger partial charge on any atom is -0.507 e. The summed E-state index contributed by atoms with van der Waals surface area (Å²) in [5.74, 6) is -1.15. The fraction of sp³-hybridized carbons (Fsp3) is 0.235. The van der Waals surface area contributed by atoms with Crippen LogP contribution in [-0.4, -0.2) is 32.5 Å². The van der Waals surface area contributed by atoms with Crippen LogP contribution in [0.1, 0.15) is 24.2 Å². The summed E-state index contributed by atoms with van der Waals surface area (Å²) in [5.41, 5.74) is 1.19. The molecule has 6 nitrogen and oxygen atoms in total. The van der Waals surface area contributed by atoms with Crippen LogP contribution >= 0.6 is 0 Å².